The van der Waals surface area contributed by atoms with Crippen molar-refractivity contribution >= 4 is 0 Å². The maximum atomic E-state index is 5.46. The molecule has 0 heterocycles. The minimum atomic E-state index is 0.501. The first-order valence-electron chi connectivity index (χ1n) is 4.17. The lowest BCUT2D eigenvalue weighted by atomic mass is 10.2. The fraction of sp³-hybridized carbons (Fsp3) is 0.273. The van der Waals surface area contributed by atoms with E-state index in [0.717, 1.165) is 17.1 Å². The second-order valence-electron chi connectivity index (χ2n) is 2.71. The number of para-hydroxylation sites is 1. The second-order valence-corrected chi connectivity index (χ2v) is 2.71. The van der Waals surface area contributed by atoms with Crippen molar-refractivity contribution in [3.63, 3.8) is 0 Å². The Labute approximate surface area is 78.8 Å². The molecular formula is C11H14O2. The molecule has 0 radical (unpaired) electrons. The van der Waals surface area contributed by atoms with Gasteiger partial charge in [-0.2, -0.15) is 0 Å². The Hall–Kier alpha value is -1.44. The summed E-state index contributed by atoms with van der Waals surface area (Å²) >= 11 is 0. The molecule has 0 atom stereocenters. The molecular weight excluding hydrogens is 164 g/mol. The van der Waals surface area contributed by atoms with Crippen molar-refractivity contribution in [1.29, 1.82) is 0 Å². The van der Waals surface area contributed by atoms with E-state index in [1.54, 1.807) is 13.2 Å². The lowest BCUT2D eigenvalue weighted by Crippen LogP contribution is -1.97. The highest BCUT2D eigenvalue weighted by molar-refractivity contribution is 5.45. The van der Waals surface area contributed by atoms with Crippen molar-refractivity contribution in [3.8, 4) is 11.5 Å². The minimum Gasteiger partial charge on any atom is -0.493 e. The van der Waals surface area contributed by atoms with Gasteiger partial charge in [0.05, 0.1) is 7.11 Å². The van der Waals surface area contributed by atoms with Crippen LogP contribution in [-0.4, -0.2) is 13.7 Å². The lowest BCUT2D eigenvalue weighted by molar-refractivity contribution is 0.324. The number of methoxy groups -OCH3 is 1. The SMILES string of the molecule is C=CCOc1c(C)cccc1OC. The van der Waals surface area contributed by atoms with Crippen LogP contribution in [0.5, 0.6) is 11.5 Å². The molecule has 1 aromatic carbocycles. The van der Waals surface area contributed by atoms with Gasteiger partial charge in [-0.25, -0.2) is 0 Å². The molecule has 0 spiro atoms. The Morgan fingerprint density at radius 1 is 1.46 bits per heavy atom. The van der Waals surface area contributed by atoms with Gasteiger partial charge in [0, 0.05) is 0 Å². The Balaban J connectivity index is 2.93. The first-order valence-corrected chi connectivity index (χ1v) is 4.17. The van der Waals surface area contributed by atoms with E-state index in [1.807, 2.05) is 25.1 Å². The van der Waals surface area contributed by atoms with Crippen LogP contribution in [0.2, 0.25) is 0 Å². The summed E-state index contributed by atoms with van der Waals surface area (Å²) in [6.45, 7) is 6.08. The predicted octanol–water partition coefficient (Wildman–Crippen LogP) is 2.57. The fourth-order valence-corrected chi connectivity index (χ4v) is 1.11. The largest absolute Gasteiger partial charge is 0.493 e. The molecule has 0 N–H and O–H groups in total. The molecule has 0 bridgehead atoms. The molecule has 0 aliphatic heterocycles. The molecule has 0 saturated heterocycles. The molecule has 0 amide bonds. The first-order chi connectivity index (χ1) is 6.29. The highest BCUT2D eigenvalue weighted by atomic mass is 16.5. The van der Waals surface area contributed by atoms with Crippen LogP contribution in [0.15, 0.2) is 30.9 Å². The third-order valence-electron chi connectivity index (χ3n) is 1.74. The summed E-state index contributed by atoms with van der Waals surface area (Å²) in [5, 5.41) is 0. The maximum absolute atomic E-state index is 5.46. The van der Waals surface area contributed by atoms with E-state index in [0.29, 0.717) is 6.61 Å². The second kappa shape index (κ2) is 4.55. The van der Waals surface area contributed by atoms with Gasteiger partial charge in [-0.1, -0.05) is 24.8 Å². The first kappa shape index (κ1) is 9.65. The highest BCUT2D eigenvalue weighted by Gasteiger charge is 2.05. The highest BCUT2D eigenvalue weighted by Crippen LogP contribution is 2.30. The van der Waals surface area contributed by atoms with Gasteiger partial charge in [0.1, 0.15) is 6.61 Å². The smallest absolute Gasteiger partial charge is 0.164 e. The Morgan fingerprint density at radius 3 is 2.85 bits per heavy atom. The van der Waals surface area contributed by atoms with Crippen LogP contribution in [0.25, 0.3) is 0 Å². The van der Waals surface area contributed by atoms with Gasteiger partial charge in [-0.3, -0.25) is 0 Å². The molecule has 0 aliphatic carbocycles. The van der Waals surface area contributed by atoms with Crippen molar-refractivity contribution in [2.45, 2.75) is 6.92 Å². The summed E-state index contributed by atoms with van der Waals surface area (Å²) < 4.78 is 10.6. The number of hydrogen-bond donors (Lipinski definition) is 0. The van der Waals surface area contributed by atoms with Crippen LogP contribution in [0, 0.1) is 6.92 Å². The maximum Gasteiger partial charge on any atom is 0.164 e. The van der Waals surface area contributed by atoms with Gasteiger partial charge < -0.3 is 9.47 Å². The third kappa shape index (κ3) is 2.25. The van der Waals surface area contributed by atoms with Crippen molar-refractivity contribution in [2.24, 2.45) is 0 Å². The zero-order valence-electron chi connectivity index (χ0n) is 8.04. The van der Waals surface area contributed by atoms with Crippen molar-refractivity contribution in [2.75, 3.05) is 13.7 Å². The molecule has 70 valence electrons. The van der Waals surface area contributed by atoms with Crippen LogP contribution in [-0.2, 0) is 0 Å². The molecule has 1 rings (SSSR count). The standard InChI is InChI=1S/C11H14O2/c1-4-8-13-11-9(2)6-5-7-10(11)12-3/h4-7H,1,8H2,2-3H3. The number of benzene rings is 1. The topological polar surface area (TPSA) is 18.5 Å². The molecule has 13 heavy (non-hydrogen) atoms. The number of hydrogen-bond acceptors (Lipinski definition) is 2. The zero-order chi connectivity index (χ0) is 9.68. The Bertz CT molecular complexity index is 292. The van der Waals surface area contributed by atoms with Crippen LogP contribution in [0.1, 0.15) is 5.56 Å². The normalized spacial score (nSPS) is 9.38. The molecule has 0 unspecified atom stereocenters. The summed E-state index contributed by atoms with van der Waals surface area (Å²) in [4.78, 5) is 0. The average Bonchev–Trinajstić information content (AvgIpc) is 2.15. The average molecular weight is 178 g/mol. The third-order valence-corrected chi connectivity index (χ3v) is 1.74. The van der Waals surface area contributed by atoms with Gasteiger partial charge in [-0.15, -0.1) is 0 Å². The number of ether oxygens (including phenoxy) is 2. The van der Waals surface area contributed by atoms with Crippen molar-refractivity contribution in [3.05, 3.63) is 36.4 Å². The number of rotatable bonds is 4. The summed E-state index contributed by atoms with van der Waals surface area (Å²) in [6.07, 6.45) is 1.71. The molecule has 1 aromatic rings. The van der Waals surface area contributed by atoms with E-state index in [1.165, 1.54) is 0 Å². The van der Waals surface area contributed by atoms with Crippen LogP contribution >= 0.6 is 0 Å². The Morgan fingerprint density at radius 2 is 2.23 bits per heavy atom. The monoisotopic (exact) mass is 178 g/mol. The summed E-state index contributed by atoms with van der Waals surface area (Å²) in [5.74, 6) is 1.56. The van der Waals surface area contributed by atoms with Crippen LogP contribution in [0.3, 0.4) is 0 Å². The van der Waals surface area contributed by atoms with E-state index in [4.69, 9.17) is 9.47 Å². The summed E-state index contributed by atoms with van der Waals surface area (Å²) in [6, 6.07) is 5.81. The van der Waals surface area contributed by atoms with E-state index >= 15 is 0 Å². The van der Waals surface area contributed by atoms with E-state index in [9.17, 15) is 0 Å². The molecule has 2 heteroatoms. The van der Waals surface area contributed by atoms with Gasteiger partial charge in [0.2, 0.25) is 0 Å². The van der Waals surface area contributed by atoms with Gasteiger partial charge >= 0.3 is 0 Å². The molecule has 0 fully saturated rings. The van der Waals surface area contributed by atoms with E-state index < -0.39 is 0 Å². The summed E-state index contributed by atoms with van der Waals surface area (Å²) in [7, 11) is 1.63. The van der Waals surface area contributed by atoms with Crippen molar-refractivity contribution < 1.29 is 9.47 Å². The molecule has 0 aliphatic rings. The van der Waals surface area contributed by atoms with E-state index in [2.05, 4.69) is 6.58 Å². The predicted molar refractivity (Wildman–Crippen MR) is 53.4 cm³/mol. The lowest BCUT2D eigenvalue weighted by Gasteiger charge is -2.11. The van der Waals surface area contributed by atoms with E-state index in [-0.39, 0.29) is 0 Å². The fourth-order valence-electron chi connectivity index (χ4n) is 1.11. The molecule has 0 aromatic heterocycles. The van der Waals surface area contributed by atoms with Crippen LogP contribution < -0.4 is 9.47 Å². The van der Waals surface area contributed by atoms with Gasteiger partial charge in [0.15, 0.2) is 11.5 Å². The van der Waals surface area contributed by atoms with Crippen LogP contribution in [0.4, 0.5) is 0 Å². The zero-order valence-corrected chi connectivity index (χ0v) is 8.04. The number of aryl methyl sites for hydroxylation is 1. The summed E-state index contributed by atoms with van der Waals surface area (Å²) in [5.41, 5.74) is 1.07. The molecule has 0 saturated carbocycles. The quantitative estimate of drug-likeness (QED) is 0.660. The van der Waals surface area contributed by atoms with Crippen molar-refractivity contribution in [1.82, 2.24) is 0 Å². The van der Waals surface area contributed by atoms with Gasteiger partial charge in [-0.05, 0) is 18.6 Å². The minimum absolute atomic E-state index is 0.501. The Kier molecular flexibility index (Phi) is 3.38. The van der Waals surface area contributed by atoms with Gasteiger partial charge in [0.25, 0.3) is 0 Å². The molecule has 2 nitrogen and oxygen atoms in total.